The first-order valence-corrected chi connectivity index (χ1v) is 18.1. The normalized spacial score (nSPS) is 13.4. The van der Waals surface area contributed by atoms with E-state index in [1.807, 2.05) is 18.2 Å². The number of fused-ring (bicyclic) bond motifs is 5. The van der Waals surface area contributed by atoms with Crippen molar-refractivity contribution < 1.29 is 11.4 Å². The van der Waals surface area contributed by atoms with Gasteiger partial charge in [0.1, 0.15) is 5.69 Å². The Kier molecular flexibility index (Phi) is 6.17. The van der Waals surface area contributed by atoms with Crippen molar-refractivity contribution >= 4 is 53.3 Å². The van der Waals surface area contributed by atoms with Gasteiger partial charge in [0.25, 0.3) is 5.82 Å². The molecule has 50 heavy (non-hydrogen) atoms. The first-order valence-electron chi connectivity index (χ1n) is 19.7. The highest BCUT2D eigenvalue weighted by atomic mass is 32.1. The Morgan fingerprint density at radius 2 is 1.34 bits per heavy atom. The lowest BCUT2D eigenvalue weighted by Gasteiger charge is -2.20. The van der Waals surface area contributed by atoms with Crippen molar-refractivity contribution in [2.75, 3.05) is 0 Å². The Hall–Kier alpha value is -5.51. The summed E-state index contributed by atoms with van der Waals surface area (Å²) < 4.78 is 46.3. The molecule has 9 aromatic rings. The molecule has 0 saturated heterocycles. The van der Waals surface area contributed by atoms with Crippen LogP contribution in [0.15, 0.2) is 145 Å². The minimum Gasteiger partial charge on any atom is -0.236 e. The molecule has 0 aliphatic rings. The second-order valence-corrected chi connectivity index (χ2v) is 14.8. The number of benzene rings is 7. The van der Waals surface area contributed by atoms with Crippen molar-refractivity contribution in [1.29, 1.82) is 0 Å². The highest BCUT2D eigenvalue weighted by Gasteiger charge is 2.30. The lowest BCUT2D eigenvalue weighted by atomic mass is 9.88. The molecule has 0 amide bonds. The van der Waals surface area contributed by atoms with Crippen LogP contribution in [0.2, 0.25) is 0 Å². The van der Waals surface area contributed by atoms with Crippen LogP contribution >= 0.6 is 11.3 Å². The number of imidazole rings is 1. The van der Waals surface area contributed by atoms with Gasteiger partial charge in [-0.1, -0.05) is 125 Å². The molecule has 2 aromatic heterocycles. The van der Waals surface area contributed by atoms with E-state index in [0.29, 0.717) is 5.56 Å². The summed E-state index contributed by atoms with van der Waals surface area (Å²) in [5, 5.41) is 4.31. The third-order valence-electron chi connectivity index (χ3n) is 9.86. The molecule has 3 heteroatoms. The summed E-state index contributed by atoms with van der Waals surface area (Å²) >= 11 is 1.76. The maximum Gasteiger partial charge on any atom is 0.294 e. The maximum absolute atomic E-state index is 8.56. The topological polar surface area (TPSA) is 19.7 Å². The number of aromatic nitrogens is 2. The molecule has 0 aliphatic heterocycles. The number of rotatable bonds is 6. The second-order valence-electron chi connectivity index (χ2n) is 13.7. The van der Waals surface area contributed by atoms with E-state index < -0.39 is 0 Å². The third-order valence-corrected chi connectivity index (χ3v) is 11.1. The van der Waals surface area contributed by atoms with E-state index in [-0.39, 0.29) is 47.6 Å². The Bertz CT molecular complexity index is 2940. The van der Waals surface area contributed by atoms with Crippen molar-refractivity contribution in [3.05, 3.63) is 157 Å². The first kappa shape index (κ1) is 25.5. The molecule has 0 fully saturated rings. The highest BCUT2D eigenvalue weighted by Crippen LogP contribution is 2.43. The standard InChI is InChI=1S/C47H38N2S/c1-29(2)39-26-36(32-16-9-6-10-17-32)27-40(30(3)4)45(39)49-43-21-12-11-20-42(43)48-47(49)38-19-13-18-37-41-25-34-23-22-33(31-14-7-5-8-15-31)24-35(34)28-44(41)50-46(37)38/h5-30H,1-4H3/p+1/i5D,7D,8D,14D,15D. The summed E-state index contributed by atoms with van der Waals surface area (Å²) in [4.78, 5) is 3.87. The zero-order chi connectivity index (χ0) is 38.3. The van der Waals surface area contributed by atoms with E-state index in [9.17, 15) is 0 Å². The van der Waals surface area contributed by atoms with Crippen LogP contribution in [-0.4, -0.2) is 4.98 Å². The van der Waals surface area contributed by atoms with E-state index in [2.05, 4.69) is 134 Å². The Labute approximate surface area is 304 Å². The van der Waals surface area contributed by atoms with Crippen LogP contribution in [0.5, 0.6) is 0 Å². The molecule has 0 bridgehead atoms. The zero-order valence-electron chi connectivity index (χ0n) is 33.5. The van der Waals surface area contributed by atoms with Crippen molar-refractivity contribution in [2.24, 2.45) is 0 Å². The molecule has 0 atom stereocenters. The predicted molar refractivity (Wildman–Crippen MR) is 215 cm³/mol. The molecular weight excluding hydrogens is 625 g/mol. The lowest BCUT2D eigenvalue weighted by Crippen LogP contribution is -2.35. The van der Waals surface area contributed by atoms with Crippen LogP contribution in [0.25, 0.3) is 81.3 Å². The molecule has 9 rings (SSSR count). The molecule has 7 aromatic carbocycles. The second kappa shape index (κ2) is 12.1. The highest BCUT2D eigenvalue weighted by molar-refractivity contribution is 7.26. The van der Waals surface area contributed by atoms with Gasteiger partial charge in [0, 0.05) is 26.6 Å². The molecule has 0 saturated carbocycles. The Morgan fingerprint density at radius 1 is 0.600 bits per heavy atom. The largest absolute Gasteiger partial charge is 0.294 e. The van der Waals surface area contributed by atoms with E-state index in [4.69, 9.17) is 6.85 Å². The van der Waals surface area contributed by atoms with E-state index >= 15 is 0 Å². The van der Waals surface area contributed by atoms with Gasteiger partial charge >= 0.3 is 0 Å². The quantitative estimate of drug-likeness (QED) is 0.170. The molecule has 2 heterocycles. The number of hydrogen-bond donors (Lipinski definition) is 1. The van der Waals surface area contributed by atoms with E-state index in [1.54, 1.807) is 11.3 Å². The minimum atomic E-state index is -0.385. The van der Waals surface area contributed by atoms with Crippen LogP contribution in [-0.2, 0) is 0 Å². The van der Waals surface area contributed by atoms with Crippen LogP contribution in [0.1, 0.15) is 57.5 Å². The summed E-state index contributed by atoms with van der Waals surface area (Å²) in [5.41, 5.74) is 10.4. The van der Waals surface area contributed by atoms with Crippen molar-refractivity contribution in [3.63, 3.8) is 0 Å². The summed E-state index contributed by atoms with van der Waals surface area (Å²) in [6.07, 6.45) is 0. The van der Waals surface area contributed by atoms with Gasteiger partial charge < -0.3 is 0 Å². The molecule has 0 spiro atoms. The first-order chi connectivity index (χ1) is 26.5. The van der Waals surface area contributed by atoms with Gasteiger partial charge in [-0.25, -0.2) is 4.98 Å². The Balaban J connectivity index is 1.28. The van der Waals surface area contributed by atoms with Gasteiger partial charge in [-0.3, -0.25) is 0 Å². The SMILES string of the molecule is [2H]c1c([2H])c([2H])c(-c2ccc3cc4c(cc3c2)sc2c(-c3[nH]c5ccccc5[n+]3-c3c(C(C)C)cc(-c5ccccc5)cc3C(C)C)cccc24)c([2H])c1[2H]. The fourth-order valence-electron chi connectivity index (χ4n) is 7.39. The van der Waals surface area contributed by atoms with Gasteiger partial charge in [-0.2, -0.15) is 4.57 Å². The predicted octanol–water partition coefficient (Wildman–Crippen LogP) is 13.2. The van der Waals surface area contributed by atoms with E-state index in [1.165, 1.54) is 38.0 Å². The molecular formula is C47H39N2S+. The Morgan fingerprint density at radius 3 is 2.10 bits per heavy atom. The summed E-state index contributed by atoms with van der Waals surface area (Å²) in [5.74, 6) is 1.57. The van der Waals surface area contributed by atoms with Crippen LogP contribution < -0.4 is 4.57 Å². The molecule has 2 nitrogen and oxygen atoms in total. The summed E-state index contributed by atoms with van der Waals surface area (Å²) in [6, 6.07) is 39.3. The lowest BCUT2D eigenvalue weighted by molar-refractivity contribution is -0.556. The van der Waals surface area contributed by atoms with Gasteiger partial charge in [0.2, 0.25) is 0 Å². The number of nitrogens with zero attached hydrogens (tertiary/aromatic N) is 1. The molecule has 1 N–H and O–H groups in total. The number of hydrogen-bond acceptors (Lipinski definition) is 1. The van der Waals surface area contributed by atoms with Crippen LogP contribution in [0.3, 0.4) is 0 Å². The molecule has 0 radical (unpaired) electrons. The van der Waals surface area contributed by atoms with Gasteiger partial charge in [-0.05, 0) is 93.4 Å². The summed E-state index contributed by atoms with van der Waals surface area (Å²) in [6.45, 7) is 9.14. The number of para-hydroxylation sites is 2. The van der Waals surface area contributed by atoms with Gasteiger partial charge in [-0.15, -0.1) is 11.3 Å². The van der Waals surface area contributed by atoms with Crippen molar-refractivity contribution in [1.82, 2.24) is 4.98 Å². The molecule has 0 unspecified atom stereocenters. The minimum absolute atomic E-state index is 0.194. The van der Waals surface area contributed by atoms with Crippen molar-refractivity contribution in [3.8, 4) is 39.3 Å². The monoisotopic (exact) mass is 668 g/mol. The molecule has 242 valence electrons. The zero-order valence-corrected chi connectivity index (χ0v) is 29.3. The smallest absolute Gasteiger partial charge is 0.236 e. The van der Waals surface area contributed by atoms with Gasteiger partial charge in [0.15, 0.2) is 11.0 Å². The van der Waals surface area contributed by atoms with Crippen LogP contribution in [0, 0.1) is 0 Å². The fourth-order valence-corrected chi connectivity index (χ4v) is 8.64. The fraction of sp³-hybridized carbons (Fsp3) is 0.128. The average Bonchev–Trinajstić information content (AvgIpc) is 3.76. The average molecular weight is 669 g/mol. The number of H-pyrrole nitrogens is 1. The number of thiophene rings is 1. The third kappa shape index (κ3) is 5.04. The van der Waals surface area contributed by atoms with Crippen molar-refractivity contribution in [2.45, 2.75) is 39.5 Å². The number of aromatic amines is 1. The van der Waals surface area contributed by atoms with E-state index in [0.717, 1.165) is 43.3 Å². The van der Waals surface area contributed by atoms with Gasteiger partial charge in [0.05, 0.1) is 17.1 Å². The number of nitrogens with one attached hydrogen (secondary N) is 1. The summed E-state index contributed by atoms with van der Waals surface area (Å²) in [7, 11) is 0. The maximum atomic E-state index is 8.56. The molecule has 0 aliphatic carbocycles. The van der Waals surface area contributed by atoms with Crippen LogP contribution in [0.4, 0.5) is 0 Å².